The molecule has 142 valence electrons. The van der Waals surface area contributed by atoms with Crippen molar-refractivity contribution in [1.29, 1.82) is 0 Å². The zero-order valence-electron chi connectivity index (χ0n) is 16.0. The Kier molecular flexibility index (Phi) is 3.93. The molecule has 0 radical (unpaired) electrons. The number of nitrogens with zero attached hydrogens (tertiary/aromatic N) is 3. The van der Waals surface area contributed by atoms with Crippen LogP contribution < -0.4 is 10.2 Å². The van der Waals surface area contributed by atoms with Crippen LogP contribution in [0.3, 0.4) is 0 Å². The van der Waals surface area contributed by atoms with Crippen LogP contribution in [-0.2, 0) is 6.42 Å². The molecule has 1 N–H and O–H groups in total. The third kappa shape index (κ3) is 2.95. The van der Waals surface area contributed by atoms with Crippen molar-refractivity contribution in [3.05, 3.63) is 70.9 Å². The highest BCUT2D eigenvalue weighted by Crippen LogP contribution is 2.42. The number of amides is 2. The summed E-state index contributed by atoms with van der Waals surface area (Å²) in [5.41, 5.74) is 4.94. The first-order chi connectivity index (χ1) is 13.6. The molecule has 0 spiro atoms. The van der Waals surface area contributed by atoms with Crippen LogP contribution in [0.1, 0.15) is 53.2 Å². The molecule has 0 bridgehead atoms. The van der Waals surface area contributed by atoms with Gasteiger partial charge in [0.05, 0.1) is 0 Å². The van der Waals surface area contributed by atoms with Gasteiger partial charge in [0.1, 0.15) is 6.04 Å². The highest BCUT2D eigenvalue weighted by Gasteiger charge is 2.39. The lowest BCUT2D eigenvalue weighted by Crippen LogP contribution is -2.36. The van der Waals surface area contributed by atoms with Crippen LogP contribution in [0.15, 0.2) is 47.0 Å². The summed E-state index contributed by atoms with van der Waals surface area (Å²) in [7, 11) is 0. The molecular formula is C22H22N4O2. The van der Waals surface area contributed by atoms with Crippen molar-refractivity contribution in [2.45, 2.75) is 45.1 Å². The number of carbonyl (C=O) groups excluding carboxylic acids is 1. The quantitative estimate of drug-likeness (QED) is 0.708. The van der Waals surface area contributed by atoms with Gasteiger partial charge in [-0.05, 0) is 55.5 Å². The fourth-order valence-electron chi connectivity index (χ4n) is 3.77. The molecule has 1 aromatic heterocycles. The molecule has 6 heteroatoms. The summed E-state index contributed by atoms with van der Waals surface area (Å²) in [5, 5.41) is 7.22. The van der Waals surface area contributed by atoms with E-state index in [-0.39, 0.29) is 12.1 Å². The minimum Gasteiger partial charge on any atom is -0.337 e. The lowest BCUT2D eigenvalue weighted by atomic mass is 10.1. The monoisotopic (exact) mass is 374 g/mol. The molecule has 1 aliphatic heterocycles. The Morgan fingerprint density at radius 3 is 2.82 bits per heavy atom. The molecule has 2 heterocycles. The number of urea groups is 1. The second-order valence-corrected chi connectivity index (χ2v) is 7.73. The molecule has 1 saturated carbocycles. The highest BCUT2D eigenvalue weighted by molar-refractivity contribution is 6.04. The van der Waals surface area contributed by atoms with E-state index in [1.54, 1.807) is 4.90 Å². The molecule has 1 atom stereocenters. The van der Waals surface area contributed by atoms with E-state index in [0.29, 0.717) is 18.2 Å². The lowest BCUT2D eigenvalue weighted by Gasteiger charge is -2.24. The van der Waals surface area contributed by atoms with Crippen molar-refractivity contribution in [2.75, 3.05) is 10.2 Å². The van der Waals surface area contributed by atoms with E-state index < -0.39 is 0 Å². The minimum absolute atomic E-state index is 0.185. The number of hydrogen-bond donors (Lipinski definition) is 1. The zero-order valence-corrected chi connectivity index (χ0v) is 16.0. The number of benzene rings is 2. The number of fused-ring (bicyclic) bond motifs is 1. The van der Waals surface area contributed by atoms with Gasteiger partial charge in [0, 0.05) is 23.7 Å². The van der Waals surface area contributed by atoms with Crippen LogP contribution >= 0.6 is 0 Å². The van der Waals surface area contributed by atoms with E-state index in [1.807, 2.05) is 56.3 Å². The second kappa shape index (κ2) is 6.48. The summed E-state index contributed by atoms with van der Waals surface area (Å²) >= 11 is 0. The van der Waals surface area contributed by atoms with Crippen LogP contribution in [0.4, 0.5) is 16.2 Å². The highest BCUT2D eigenvalue weighted by atomic mass is 16.5. The first-order valence-electron chi connectivity index (χ1n) is 9.69. The van der Waals surface area contributed by atoms with Gasteiger partial charge in [0.25, 0.3) is 0 Å². The van der Waals surface area contributed by atoms with Crippen LogP contribution in [0, 0.1) is 13.8 Å². The van der Waals surface area contributed by atoms with E-state index >= 15 is 0 Å². The molecule has 1 fully saturated rings. The minimum atomic E-state index is -0.289. The van der Waals surface area contributed by atoms with Gasteiger partial charge in [-0.3, -0.25) is 4.90 Å². The molecule has 1 aliphatic carbocycles. The maximum absolute atomic E-state index is 13.3. The van der Waals surface area contributed by atoms with E-state index in [9.17, 15) is 4.79 Å². The molecule has 2 aromatic carbocycles. The van der Waals surface area contributed by atoms with Gasteiger partial charge in [0.15, 0.2) is 5.82 Å². The lowest BCUT2D eigenvalue weighted by molar-refractivity contribution is 0.253. The SMILES string of the molecule is Cc1ccc(C)c(NC(=O)N2c3ccccc3CC2c2nc(C3CC3)no2)c1. The van der Waals surface area contributed by atoms with Crippen molar-refractivity contribution >= 4 is 17.4 Å². The maximum Gasteiger partial charge on any atom is 0.327 e. The van der Waals surface area contributed by atoms with Gasteiger partial charge in [-0.1, -0.05) is 35.5 Å². The van der Waals surface area contributed by atoms with Gasteiger partial charge in [-0.2, -0.15) is 4.98 Å². The first-order valence-corrected chi connectivity index (χ1v) is 9.69. The van der Waals surface area contributed by atoms with Gasteiger partial charge >= 0.3 is 6.03 Å². The average Bonchev–Trinajstić information content (AvgIpc) is 3.28. The Morgan fingerprint density at radius 2 is 2.00 bits per heavy atom. The molecule has 28 heavy (non-hydrogen) atoms. The number of carbonyl (C=O) groups is 1. The molecule has 6 nitrogen and oxygen atoms in total. The van der Waals surface area contributed by atoms with Gasteiger partial charge < -0.3 is 9.84 Å². The fraction of sp³-hybridized carbons (Fsp3) is 0.318. The summed E-state index contributed by atoms with van der Waals surface area (Å²) < 4.78 is 5.57. The predicted molar refractivity (Wildman–Crippen MR) is 107 cm³/mol. The number of para-hydroxylation sites is 1. The van der Waals surface area contributed by atoms with E-state index in [2.05, 4.69) is 15.5 Å². The van der Waals surface area contributed by atoms with E-state index in [0.717, 1.165) is 46.7 Å². The zero-order chi connectivity index (χ0) is 19.3. The van der Waals surface area contributed by atoms with Crippen LogP contribution in [-0.4, -0.2) is 16.2 Å². The number of aryl methyl sites for hydroxylation is 2. The maximum atomic E-state index is 13.3. The molecule has 2 aliphatic rings. The second-order valence-electron chi connectivity index (χ2n) is 7.73. The summed E-state index contributed by atoms with van der Waals surface area (Å²) in [4.78, 5) is 19.7. The predicted octanol–water partition coefficient (Wildman–Crippen LogP) is 4.90. The van der Waals surface area contributed by atoms with Crippen molar-refractivity contribution in [3.8, 4) is 0 Å². The fourth-order valence-corrected chi connectivity index (χ4v) is 3.77. The third-order valence-electron chi connectivity index (χ3n) is 5.51. The molecule has 2 amide bonds. The van der Waals surface area contributed by atoms with Crippen LogP contribution in [0.5, 0.6) is 0 Å². The van der Waals surface area contributed by atoms with Crippen molar-refractivity contribution in [3.63, 3.8) is 0 Å². The normalized spacial score (nSPS) is 18.2. The standard InChI is InChI=1S/C22H22N4O2/c1-13-7-8-14(2)17(11-13)23-22(27)26-18-6-4-3-5-16(18)12-19(26)21-24-20(25-28-21)15-9-10-15/h3-8,11,15,19H,9-10,12H2,1-2H3,(H,23,27). The number of hydrogen-bond acceptors (Lipinski definition) is 4. The summed E-state index contributed by atoms with van der Waals surface area (Å²) in [6.07, 6.45) is 2.89. The smallest absolute Gasteiger partial charge is 0.327 e. The Morgan fingerprint density at radius 1 is 1.18 bits per heavy atom. The largest absolute Gasteiger partial charge is 0.337 e. The van der Waals surface area contributed by atoms with Crippen LogP contribution in [0.25, 0.3) is 0 Å². The average molecular weight is 374 g/mol. The topological polar surface area (TPSA) is 71.3 Å². The molecular weight excluding hydrogens is 352 g/mol. The number of nitrogens with one attached hydrogen (secondary N) is 1. The molecule has 0 saturated heterocycles. The molecule has 5 rings (SSSR count). The van der Waals surface area contributed by atoms with E-state index in [1.165, 1.54) is 0 Å². The van der Waals surface area contributed by atoms with Gasteiger partial charge in [-0.25, -0.2) is 4.79 Å². The van der Waals surface area contributed by atoms with Crippen molar-refractivity contribution in [2.24, 2.45) is 0 Å². The Labute approximate surface area is 163 Å². The van der Waals surface area contributed by atoms with Gasteiger partial charge in [-0.15, -0.1) is 0 Å². The summed E-state index contributed by atoms with van der Waals surface area (Å²) in [5.74, 6) is 1.69. The third-order valence-corrected chi connectivity index (χ3v) is 5.51. The summed E-state index contributed by atoms with van der Waals surface area (Å²) in [6, 6.07) is 13.5. The number of rotatable bonds is 3. The van der Waals surface area contributed by atoms with E-state index in [4.69, 9.17) is 4.52 Å². The van der Waals surface area contributed by atoms with Crippen molar-refractivity contribution < 1.29 is 9.32 Å². The summed E-state index contributed by atoms with van der Waals surface area (Å²) in [6.45, 7) is 4.01. The van der Waals surface area contributed by atoms with Gasteiger partial charge in [0.2, 0.25) is 5.89 Å². The first kappa shape index (κ1) is 17.0. The number of aromatic nitrogens is 2. The molecule has 3 aromatic rings. The Balaban J connectivity index is 1.49. The Hall–Kier alpha value is -3.15. The Bertz CT molecular complexity index is 1050. The molecule has 1 unspecified atom stereocenters. The van der Waals surface area contributed by atoms with Crippen molar-refractivity contribution in [1.82, 2.24) is 10.1 Å². The number of anilines is 2. The van der Waals surface area contributed by atoms with Crippen LogP contribution in [0.2, 0.25) is 0 Å².